The zero-order chi connectivity index (χ0) is 22.1. The Balaban J connectivity index is 1.48. The van der Waals surface area contributed by atoms with Gasteiger partial charge in [0.2, 0.25) is 17.7 Å². The number of carbonyl (C=O) groups excluding carboxylic acids is 3. The molecule has 31 heavy (non-hydrogen) atoms. The smallest absolute Gasteiger partial charge is 0.229 e. The summed E-state index contributed by atoms with van der Waals surface area (Å²) >= 11 is 12.0. The first-order valence-electron chi connectivity index (χ1n) is 9.74. The van der Waals surface area contributed by atoms with Gasteiger partial charge in [0.15, 0.2) is 6.29 Å². The predicted octanol–water partition coefficient (Wildman–Crippen LogP) is 2.43. The third-order valence-electron chi connectivity index (χ3n) is 5.28. The second-order valence-corrected chi connectivity index (χ2v) is 8.52. The van der Waals surface area contributed by atoms with Crippen molar-refractivity contribution in [1.29, 1.82) is 0 Å². The number of piperidine rings is 1. The van der Waals surface area contributed by atoms with Crippen molar-refractivity contribution in [3.05, 3.63) is 58.1 Å². The number of amides is 3. The van der Waals surface area contributed by atoms with Gasteiger partial charge in [-0.25, -0.2) is 0 Å². The number of aryl methyl sites for hydroxylation is 1. The monoisotopic (exact) mass is 461 g/mol. The molecular formula is C21H21Cl2N5O3. The van der Waals surface area contributed by atoms with Crippen molar-refractivity contribution in [1.82, 2.24) is 16.0 Å². The van der Waals surface area contributed by atoms with Crippen LogP contribution in [-0.2, 0) is 14.4 Å². The minimum Gasteiger partial charge on any atom is -0.353 e. The van der Waals surface area contributed by atoms with Crippen molar-refractivity contribution in [2.45, 2.75) is 25.8 Å². The average molecular weight is 462 g/mol. The maximum Gasteiger partial charge on any atom is 0.229 e. The van der Waals surface area contributed by atoms with Gasteiger partial charge in [-0.05, 0) is 37.3 Å². The highest BCUT2D eigenvalue weighted by molar-refractivity contribution is 6.35. The number of fused-ring (bicyclic) bond motifs is 1. The van der Waals surface area contributed by atoms with Gasteiger partial charge < -0.3 is 21.3 Å². The molecule has 10 heteroatoms. The van der Waals surface area contributed by atoms with Crippen LogP contribution < -0.4 is 26.6 Å². The van der Waals surface area contributed by atoms with Crippen molar-refractivity contribution in [3.63, 3.8) is 0 Å². The van der Waals surface area contributed by atoms with Crippen LogP contribution in [0.15, 0.2) is 42.5 Å². The van der Waals surface area contributed by atoms with Crippen LogP contribution in [0.4, 0.5) is 11.4 Å². The van der Waals surface area contributed by atoms with E-state index in [4.69, 9.17) is 23.2 Å². The van der Waals surface area contributed by atoms with E-state index in [2.05, 4.69) is 26.6 Å². The lowest BCUT2D eigenvalue weighted by Gasteiger charge is -2.43. The lowest BCUT2D eigenvalue weighted by Crippen LogP contribution is -2.72. The molecule has 3 amide bonds. The molecule has 0 aliphatic carbocycles. The van der Waals surface area contributed by atoms with Gasteiger partial charge in [-0.2, -0.15) is 0 Å². The molecule has 4 unspecified atom stereocenters. The van der Waals surface area contributed by atoms with E-state index in [9.17, 15) is 14.4 Å². The number of halogens is 2. The van der Waals surface area contributed by atoms with Crippen LogP contribution in [0, 0.1) is 18.8 Å². The lowest BCUT2D eigenvalue weighted by atomic mass is 9.81. The van der Waals surface area contributed by atoms with E-state index >= 15 is 0 Å². The number of nitrogens with one attached hydrogen (secondary N) is 5. The highest BCUT2D eigenvalue weighted by Crippen LogP contribution is 2.29. The Morgan fingerprint density at radius 2 is 1.68 bits per heavy atom. The highest BCUT2D eigenvalue weighted by atomic mass is 35.5. The number of hydrogen-bond donors (Lipinski definition) is 5. The molecule has 0 spiro atoms. The van der Waals surface area contributed by atoms with E-state index in [-0.39, 0.29) is 18.2 Å². The van der Waals surface area contributed by atoms with E-state index in [0.717, 1.165) is 11.3 Å². The summed E-state index contributed by atoms with van der Waals surface area (Å²) in [5.41, 5.74) is 2.31. The molecule has 2 aliphatic heterocycles. The molecule has 2 aromatic carbocycles. The lowest BCUT2D eigenvalue weighted by molar-refractivity contribution is -0.144. The van der Waals surface area contributed by atoms with Crippen LogP contribution in [0.5, 0.6) is 0 Å². The first-order valence-corrected chi connectivity index (χ1v) is 10.5. The summed E-state index contributed by atoms with van der Waals surface area (Å²) < 4.78 is 0. The summed E-state index contributed by atoms with van der Waals surface area (Å²) in [6.45, 7) is 1.98. The number of anilines is 2. The fourth-order valence-electron chi connectivity index (χ4n) is 3.83. The van der Waals surface area contributed by atoms with Gasteiger partial charge in [0.25, 0.3) is 0 Å². The maximum absolute atomic E-state index is 12.9. The number of hydrogen-bond acceptors (Lipinski definition) is 5. The molecule has 2 saturated heterocycles. The van der Waals surface area contributed by atoms with E-state index in [1.165, 1.54) is 0 Å². The summed E-state index contributed by atoms with van der Waals surface area (Å²) in [5, 5.41) is 15.3. The Morgan fingerprint density at radius 1 is 1.00 bits per heavy atom. The quantitative estimate of drug-likeness (QED) is 0.480. The molecule has 2 aliphatic rings. The zero-order valence-electron chi connectivity index (χ0n) is 16.5. The SMILES string of the molecule is Cc1ccc(NC2NC(=O)C3C(NC(=O)CC3C(=O)Nc3cc(Cl)cc(Cl)c3)N2)cc1. The van der Waals surface area contributed by atoms with Gasteiger partial charge in [0, 0.05) is 27.8 Å². The molecular weight excluding hydrogens is 441 g/mol. The molecule has 2 heterocycles. The molecule has 4 rings (SSSR count). The predicted molar refractivity (Wildman–Crippen MR) is 118 cm³/mol. The van der Waals surface area contributed by atoms with Crippen molar-refractivity contribution in [2.75, 3.05) is 10.6 Å². The van der Waals surface area contributed by atoms with E-state index in [1.54, 1.807) is 18.2 Å². The Kier molecular flexibility index (Phi) is 6.04. The Labute approximate surface area is 189 Å². The normalized spacial score (nSPS) is 25.1. The molecule has 4 atom stereocenters. The first kappa shape index (κ1) is 21.4. The standard InChI is InChI=1S/C21H21Cl2N5O3/c1-10-2-4-13(5-3-10)25-21-27-18-17(20(31)28-21)15(9-16(29)26-18)19(30)24-14-7-11(22)6-12(23)8-14/h2-8,15,17-18,21,25,27H,9H2,1H3,(H,24,30)(H,26,29)(H,28,31). The Morgan fingerprint density at radius 3 is 2.35 bits per heavy atom. The third-order valence-corrected chi connectivity index (χ3v) is 5.72. The van der Waals surface area contributed by atoms with E-state index < -0.39 is 30.2 Å². The van der Waals surface area contributed by atoms with E-state index in [0.29, 0.717) is 15.7 Å². The molecule has 0 radical (unpaired) electrons. The summed E-state index contributed by atoms with van der Waals surface area (Å²) in [4.78, 5) is 38.1. The third kappa shape index (κ3) is 4.92. The molecule has 0 saturated carbocycles. The van der Waals surface area contributed by atoms with Crippen molar-refractivity contribution in [2.24, 2.45) is 11.8 Å². The van der Waals surface area contributed by atoms with Crippen LogP contribution in [-0.4, -0.2) is 30.2 Å². The second kappa shape index (κ2) is 8.74. The van der Waals surface area contributed by atoms with Crippen LogP contribution in [0.1, 0.15) is 12.0 Å². The van der Waals surface area contributed by atoms with Crippen LogP contribution in [0.3, 0.4) is 0 Å². The van der Waals surface area contributed by atoms with Crippen LogP contribution in [0.25, 0.3) is 0 Å². The summed E-state index contributed by atoms with van der Waals surface area (Å²) in [6, 6.07) is 12.3. The van der Waals surface area contributed by atoms with Crippen molar-refractivity contribution >= 4 is 52.3 Å². The van der Waals surface area contributed by atoms with Gasteiger partial charge in [-0.1, -0.05) is 40.9 Å². The molecule has 5 N–H and O–H groups in total. The van der Waals surface area contributed by atoms with Gasteiger partial charge in [0.05, 0.1) is 18.0 Å². The number of benzene rings is 2. The number of carbonyl (C=O) groups is 3. The zero-order valence-corrected chi connectivity index (χ0v) is 18.1. The summed E-state index contributed by atoms with van der Waals surface area (Å²) in [6.07, 6.45) is -1.41. The van der Waals surface area contributed by atoms with Gasteiger partial charge in [-0.15, -0.1) is 0 Å². The fraction of sp³-hybridized carbons (Fsp3) is 0.286. The minimum atomic E-state index is -0.857. The Hall–Kier alpha value is -2.81. The molecule has 2 aromatic rings. The average Bonchev–Trinajstić information content (AvgIpc) is 2.68. The molecule has 0 aromatic heterocycles. The van der Waals surface area contributed by atoms with Crippen LogP contribution >= 0.6 is 23.2 Å². The van der Waals surface area contributed by atoms with Crippen molar-refractivity contribution in [3.8, 4) is 0 Å². The topological polar surface area (TPSA) is 111 Å². The van der Waals surface area contributed by atoms with Gasteiger partial charge in [-0.3, -0.25) is 19.7 Å². The maximum atomic E-state index is 12.9. The van der Waals surface area contributed by atoms with Gasteiger partial charge in [0.1, 0.15) is 0 Å². The fourth-order valence-corrected chi connectivity index (χ4v) is 4.36. The summed E-state index contributed by atoms with van der Waals surface area (Å²) in [7, 11) is 0. The van der Waals surface area contributed by atoms with Gasteiger partial charge >= 0.3 is 0 Å². The van der Waals surface area contributed by atoms with E-state index in [1.807, 2.05) is 31.2 Å². The minimum absolute atomic E-state index is 0.105. The Bertz CT molecular complexity index is 1010. The van der Waals surface area contributed by atoms with Crippen LogP contribution in [0.2, 0.25) is 10.0 Å². The number of rotatable bonds is 4. The molecule has 8 nitrogen and oxygen atoms in total. The largest absolute Gasteiger partial charge is 0.353 e. The molecule has 162 valence electrons. The first-order chi connectivity index (χ1) is 14.8. The summed E-state index contributed by atoms with van der Waals surface area (Å²) in [5.74, 6) is -2.74. The van der Waals surface area contributed by atoms with Crippen molar-refractivity contribution < 1.29 is 14.4 Å². The molecule has 0 bridgehead atoms. The highest BCUT2D eigenvalue weighted by Gasteiger charge is 2.48. The second-order valence-electron chi connectivity index (χ2n) is 7.65. The molecule has 2 fully saturated rings.